The highest BCUT2D eigenvalue weighted by Crippen LogP contribution is 2.36. The lowest BCUT2D eigenvalue weighted by Crippen LogP contribution is -2.57. The number of nitrogens with zero attached hydrogens (tertiary/aromatic N) is 4. The second-order valence-electron chi connectivity index (χ2n) is 9.56. The molecule has 1 aliphatic heterocycles. The average molecular weight is 487 g/mol. The van der Waals surface area contributed by atoms with Crippen LogP contribution in [0.25, 0.3) is 11.0 Å². The Morgan fingerprint density at radius 3 is 2.33 bits per heavy atom. The van der Waals surface area contributed by atoms with E-state index >= 15 is 0 Å². The Morgan fingerprint density at radius 1 is 0.944 bits per heavy atom. The van der Waals surface area contributed by atoms with E-state index in [2.05, 4.69) is 35.8 Å². The van der Waals surface area contributed by atoms with Crippen molar-refractivity contribution in [1.29, 1.82) is 0 Å². The smallest absolute Gasteiger partial charge is 0.252 e. The average Bonchev–Trinajstić information content (AvgIpc) is 2.89. The van der Waals surface area contributed by atoms with Gasteiger partial charge in [0.2, 0.25) is 5.88 Å². The van der Waals surface area contributed by atoms with E-state index in [0.29, 0.717) is 12.4 Å². The summed E-state index contributed by atoms with van der Waals surface area (Å²) in [6, 6.07) is 22.8. The summed E-state index contributed by atoms with van der Waals surface area (Å²) in [7, 11) is 3.36. The van der Waals surface area contributed by atoms with Crippen molar-refractivity contribution >= 4 is 16.7 Å². The quantitative estimate of drug-likeness (QED) is 0.407. The summed E-state index contributed by atoms with van der Waals surface area (Å²) in [4.78, 5) is 22.3. The van der Waals surface area contributed by atoms with Crippen molar-refractivity contribution in [2.75, 3.05) is 25.1 Å². The molecule has 0 bridgehead atoms. The van der Waals surface area contributed by atoms with Crippen molar-refractivity contribution in [3.8, 4) is 5.88 Å². The van der Waals surface area contributed by atoms with Crippen LogP contribution in [0.15, 0.2) is 77.6 Å². The van der Waals surface area contributed by atoms with Gasteiger partial charge >= 0.3 is 0 Å². The number of ether oxygens (including phenoxy) is 1. The third kappa shape index (κ3) is 4.35. The topological polar surface area (TPSA) is 50.6 Å². The minimum Gasteiger partial charge on any atom is -0.481 e. The summed E-state index contributed by atoms with van der Waals surface area (Å²) in [5.74, 6) is 0.277. The molecule has 186 valence electrons. The van der Waals surface area contributed by atoms with Crippen LogP contribution in [-0.4, -0.2) is 46.7 Å². The van der Waals surface area contributed by atoms with E-state index in [9.17, 15) is 9.18 Å². The number of methoxy groups -OCH3 is 1. The number of rotatable bonds is 5. The number of hydrogen-bond acceptors (Lipinski definition) is 5. The van der Waals surface area contributed by atoms with Gasteiger partial charge in [-0.2, -0.15) is 0 Å². The third-order valence-electron chi connectivity index (χ3n) is 7.23. The number of aromatic nitrogens is 2. The van der Waals surface area contributed by atoms with Crippen LogP contribution in [0.1, 0.15) is 31.0 Å². The standard InChI is InChI=1S/C29H31FN4O2/c1-19-18-34(29(21-8-6-5-7-9-21)22-10-12-23(30)13-11-22)20(2)17-33(19)25-16-27(35)32(3)24-14-15-26(36-4)31-28(24)25/h5-16,19-20,29H,17-18H2,1-4H3/t19-,20+,29?/m0/s1. The molecule has 1 aliphatic rings. The molecule has 0 spiro atoms. The van der Waals surface area contributed by atoms with E-state index in [-0.39, 0.29) is 29.5 Å². The maximum Gasteiger partial charge on any atom is 0.252 e. The lowest BCUT2D eigenvalue weighted by molar-refractivity contribution is 0.130. The van der Waals surface area contributed by atoms with Gasteiger partial charge in [-0.05, 0) is 43.2 Å². The summed E-state index contributed by atoms with van der Waals surface area (Å²) < 4.78 is 20.8. The van der Waals surface area contributed by atoms with Crippen LogP contribution in [-0.2, 0) is 7.05 Å². The van der Waals surface area contributed by atoms with Crippen molar-refractivity contribution in [2.45, 2.75) is 32.0 Å². The number of anilines is 1. The molecule has 5 rings (SSSR count). The Balaban J connectivity index is 1.54. The van der Waals surface area contributed by atoms with E-state index in [4.69, 9.17) is 9.72 Å². The fraction of sp³-hybridized carbons (Fsp3) is 0.310. The van der Waals surface area contributed by atoms with Gasteiger partial charge in [-0.1, -0.05) is 42.5 Å². The minimum absolute atomic E-state index is 0.00925. The van der Waals surface area contributed by atoms with E-state index in [1.165, 1.54) is 17.7 Å². The van der Waals surface area contributed by atoms with Gasteiger partial charge < -0.3 is 14.2 Å². The molecule has 0 radical (unpaired) electrons. The fourth-order valence-electron chi connectivity index (χ4n) is 5.33. The van der Waals surface area contributed by atoms with E-state index in [1.807, 2.05) is 36.4 Å². The summed E-state index contributed by atoms with van der Waals surface area (Å²) in [6.07, 6.45) is 0. The second kappa shape index (κ2) is 9.74. The van der Waals surface area contributed by atoms with Crippen LogP contribution in [0, 0.1) is 5.82 Å². The summed E-state index contributed by atoms with van der Waals surface area (Å²) in [5.41, 5.74) is 4.50. The van der Waals surface area contributed by atoms with Crippen LogP contribution in [0.2, 0.25) is 0 Å². The van der Waals surface area contributed by atoms with Crippen LogP contribution >= 0.6 is 0 Å². The van der Waals surface area contributed by atoms with Gasteiger partial charge in [-0.3, -0.25) is 9.69 Å². The molecule has 1 saturated heterocycles. The van der Waals surface area contributed by atoms with Crippen molar-refractivity contribution < 1.29 is 9.13 Å². The highest BCUT2D eigenvalue weighted by atomic mass is 19.1. The first-order valence-corrected chi connectivity index (χ1v) is 12.2. The number of fused-ring (bicyclic) bond motifs is 1. The zero-order valence-electron chi connectivity index (χ0n) is 21.1. The molecule has 2 aromatic heterocycles. The Hall–Kier alpha value is -3.71. The number of benzene rings is 2. The Kier molecular flexibility index (Phi) is 6.49. The Bertz CT molecular complexity index is 1420. The van der Waals surface area contributed by atoms with Gasteiger partial charge in [-0.25, -0.2) is 9.37 Å². The normalized spacial score (nSPS) is 19.4. The van der Waals surface area contributed by atoms with Crippen molar-refractivity contribution in [3.63, 3.8) is 0 Å². The third-order valence-corrected chi connectivity index (χ3v) is 7.23. The molecular formula is C29H31FN4O2. The maximum absolute atomic E-state index is 13.8. The summed E-state index contributed by atoms with van der Waals surface area (Å²) >= 11 is 0. The summed E-state index contributed by atoms with van der Waals surface area (Å²) in [6.45, 7) is 5.86. The van der Waals surface area contributed by atoms with Gasteiger partial charge in [-0.15, -0.1) is 0 Å². The van der Waals surface area contributed by atoms with Gasteiger partial charge in [0.1, 0.15) is 11.3 Å². The SMILES string of the molecule is COc1ccc2c(n1)c(N1C[C@@H](C)N(C(c3ccccc3)c3ccc(F)cc3)C[C@@H]1C)cc(=O)n2C. The number of pyridine rings is 2. The predicted molar refractivity (Wildman–Crippen MR) is 141 cm³/mol. The van der Waals surface area contributed by atoms with Crippen molar-refractivity contribution in [1.82, 2.24) is 14.5 Å². The van der Waals surface area contributed by atoms with Gasteiger partial charge in [0, 0.05) is 44.4 Å². The zero-order valence-corrected chi connectivity index (χ0v) is 21.1. The lowest BCUT2D eigenvalue weighted by Gasteiger charge is -2.48. The van der Waals surface area contributed by atoms with E-state index in [1.54, 1.807) is 30.9 Å². The molecule has 3 heterocycles. The van der Waals surface area contributed by atoms with Crippen LogP contribution < -0.4 is 15.2 Å². The predicted octanol–water partition coefficient (Wildman–Crippen LogP) is 4.77. The van der Waals surface area contributed by atoms with E-state index < -0.39 is 0 Å². The first-order chi connectivity index (χ1) is 17.4. The molecule has 0 aliphatic carbocycles. The highest BCUT2D eigenvalue weighted by molar-refractivity contribution is 5.89. The van der Waals surface area contributed by atoms with Crippen LogP contribution in [0.4, 0.5) is 10.1 Å². The first-order valence-electron chi connectivity index (χ1n) is 12.2. The molecular weight excluding hydrogens is 455 g/mol. The molecule has 7 heteroatoms. The van der Waals surface area contributed by atoms with Gasteiger partial charge in [0.25, 0.3) is 5.56 Å². The maximum atomic E-state index is 13.8. The Labute approximate surface area is 210 Å². The molecule has 1 fully saturated rings. The molecule has 0 amide bonds. The number of aryl methyl sites for hydroxylation is 1. The highest BCUT2D eigenvalue weighted by Gasteiger charge is 2.36. The van der Waals surface area contributed by atoms with Crippen LogP contribution in [0.3, 0.4) is 0 Å². The molecule has 36 heavy (non-hydrogen) atoms. The molecule has 1 unspecified atom stereocenters. The molecule has 6 nitrogen and oxygen atoms in total. The number of piperazine rings is 1. The largest absolute Gasteiger partial charge is 0.481 e. The molecule has 4 aromatic rings. The summed E-state index contributed by atoms with van der Waals surface area (Å²) in [5, 5.41) is 0. The van der Waals surface area contributed by atoms with Crippen LogP contribution in [0.5, 0.6) is 5.88 Å². The van der Waals surface area contributed by atoms with Gasteiger partial charge in [0.15, 0.2) is 0 Å². The zero-order chi connectivity index (χ0) is 25.4. The van der Waals surface area contributed by atoms with E-state index in [0.717, 1.165) is 28.8 Å². The second-order valence-corrected chi connectivity index (χ2v) is 9.56. The molecule has 2 aromatic carbocycles. The monoisotopic (exact) mass is 486 g/mol. The minimum atomic E-state index is -0.239. The molecule has 3 atom stereocenters. The lowest BCUT2D eigenvalue weighted by atomic mass is 9.93. The fourth-order valence-corrected chi connectivity index (χ4v) is 5.33. The number of hydrogen-bond donors (Lipinski definition) is 0. The number of halogens is 1. The van der Waals surface area contributed by atoms with Crippen molar-refractivity contribution in [2.24, 2.45) is 7.05 Å². The molecule has 0 saturated carbocycles. The van der Waals surface area contributed by atoms with Gasteiger partial charge in [0.05, 0.1) is 24.4 Å². The molecule has 0 N–H and O–H groups in total. The first kappa shape index (κ1) is 24.0. The van der Waals surface area contributed by atoms with Crippen molar-refractivity contribution in [3.05, 3.63) is 100 Å². The Morgan fingerprint density at radius 2 is 1.64 bits per heavy atom.